The fourth-order valence-electron chi connectivity index (χ4n) is 1.73. The monoisotopic (exact) mass is 251 g/mol. The Morgan fingerprint density at radius 3 is 2.73 bits per heavy atom. The Morgan fingerprint density at radius 1 is 1.67 bits per heavy atom. The van der Waals surface area contributed by atoms with Gasteiger partial charge in [0.1, 0.15) is 0 Å². The number of carbonyl (C=O) groups excluding carboxylic acids is 1. The van der Waals surface area contributed by atoms with Crippen LogP contribution >= 0.6 is 10.7 Å². The smallest absolute Gasteiger partial charge is 0.232 e. The highest BCUT2D eigenvalue weighted by Crippen LogP contribution is 2.21. The van der Waals surface area contributed by atoms with Crippen LogP contribution in [0.5, 0.6) is 0 Å². The molecule has 1 aliphatic rings. The summed E-state index contributed by atoms with van der Waals surface area (Å²) in [7, 11) is 1.63. The first-order chi connectivity index (χ1) is 6.78. The highest BCUT2D eigenvalue weighted by Gasteiger charge is 2.31. The van der Waals surface area contributed by atoms with Gasteiger partial charge in [0.15, 0.2) is 0 Å². The molecule has 4 nitrogen and oxygen atoms in total. The molecule has 1 rings (SSSR count). The van der Waals surface area contributed by atoms with E-state index >= 15 is 0 Å². The van der Waals surface area contributed by atoms with E-state index in [1.165, 1.54) is 0 Å². The lowest BCUT2D eigenvalue weighted by molar-refractivity contribution is -0.127. The molecule has 1 unspecified atom stereocenters. The van der Waals surface area contributed by atoms with Crippen molar-refractivity contribution >= 4 is 25.6 Å². The zero-order valence-electron chi connectivity index (χ0n) is 8.57. The van der Waals surface area contributed by atoms with Gasteiger partial charge in [0, 0.05) is 36.1 Å². The highest BCUT2D eigenvalue weighted by molar-refractivity contribution is 8.13. The number of nitrogens with zero attached hydrogens (tertiary/aromatic N) is 1. The second-order valence-electron chi connectivity index (χ2n) is 4.01. The molecule has 0 saturated carbocycles. The van der Waals surface area contributed by atoms with Gasteiger partial charge in [-0.3, -0.25) is 4.79 Å². The van der Waals surface area contributed by atoms with E-state index in [4.69, 9.17) is 10.7 Å². The number of hydrogen-bond donors (Lipinski definition) is 0. The SMILES string of the molecule is C=C(C)CN1CC(CS(=O)(=O)Cl)CC1=O. The third kappa shape index (κ3) is 4.22. The number of halogens is 1. The lowest BCUT2D eigenvalue weighted by Crippen LogP contribution is -2.27. The van der Waals surface area contributed by atoms with Gasteiger partial charge in [-0.2, -0.15) is 0 Å². The molecule has 0 aromatic heterocycles. The van der Waals surface area contributed by atoms with E-state index in [1.54, 1.807) is 4.90 Å². The fraction of sp³-hybridized carbons (Fsp3) is 0.667. The Kier molecular flexibility index (Phi) is 3.78. The van der Waals surface area contributed by atoms with Gasteiger partial charge in [-0.15, -0.1) is 0 Å². The third-order valence-electron chi connectivity index (χ3n) is 2.19. The molecular formula is C9H14ClNO3S. The first kappa shape index (κ1) is 12.5. The Bertz CT molecular complexity index is 377. The van der Waals surface area contributed by atoms with Gasteiger partial charge in [-0.05, 0) is 6.92 Å². The van der Waals surface area contributed by atoms with E-state index < -0.39 is 9.05 Å². The highest BCUT2D eigenvalue weighted by atomic mass is 35.7. The molecule has 0 radical (unpaired) electrons. The van der Waals surface area contributed by atoms with E-state index in [2.05, 4.69) is 6.58 Å². The van der Waals surface area contributed by atoms with Crippen molar-refractivity contribution in [2.45, 2.75) is 13.3 Å². The molecule has 86 valence electrons. The van der Waals surface area contributed by atoms with Gasteiger partial charge in [0.05, 0.1) is 5.75 Å². The fourth-order valence-corrected chi connectivity index (χ4v) is 3.05. The molecule has 0 aromatic carbocycles. The molecule has 1 amide bonds. The lowest BCUT2D eigenvalue weighted by Gasteiger charge is -2.15. The Labute approximate surface area is 94.3 Å². The number of amides is 1. The van der Waals surface area contributed by atoms with Crippen LogP contribution in [0.2, 0.25) is 0 Å². The van der Waals surface area contributed by atoms with Crippen molar-refractivity contribution in [2.75, 3.05) is 18.8 Å². The summed E-state index contributed by atoms with van der Waals surface area (Å²) in [4.78, 5) is 13.1. The zero-order chi connectivity index (χ0) is 11.6. The molecule has 0 bridgehead atoms. The van der Waals surface area contributed by atoms with E-state index in [9.17, 15) is 13.2 Å². The largest absolute Gasteiger partial charge is 0.338 e. The van der Waals surface area contributed by atoms with Gasteiger partial charge < -0.3 is 4.90 Å². The standard InChI is InChI=1S/C9H14ClNO3S/c1-7(2)4-11-5-8(3-9(11)12)6-15(10,13)14/h8H,1,3-6H2,2H3. The predicted octanol–water partition coefficient (Wildman–Crippen LogP) is 0.980. The molecule has 0 N–H and O–H groups in total. The third-order valence-corrected chi connectivity index (χ3v) is 3.44. The summed E-state index contributed by atoms with van der Waals surface area (Å²) in [5.74, 6) is -0.338. The molecule has 0 aromatic rings. The van der Waals surface area contributed by atoms with E-state index in [0.717, 1.165) is 5.57 Å². The van der Waals surface area contributed by atoms with Crippen LogP contribution in [0.4, 0.5) is 0 Å². The maximum atomic E-state index is 11.5. The van der Waals surface area contributed by atoms with Crippen LogP contribution in [0.1, 0.15) is 13.3 Å². The van der Waals surface area contributed by atoms with Crippen LogP contribution < -0.4 is 0 Å². The van der Waals surface area contributed by atoms with Crippen LogP contribution in [0.3, 0.4) is 0 Å². The first-order valence-corrected chi connectivity index (χ1v) is 7.10. The maximum absolute atomic E-state index is 11.5. The average Bonchev–Trinajstić information content (AvgIpc) is 2.26. The Morgan fingerprint density at radius 2 is 2.27 bits per heavy atom. The van der Waals surface area contributed by atoms with Crippen molar-refractivity contribution < 1.29 is 13.2 Å². The van der Waals surface area contributed by atoms with Crippen molar-refractivity contribution in [3.05, 3.63) is 12.2 Å². The average molecular weight is 252 g/mol. The maximum Gasteiger partial charge on any atom is 0.232 e. The van der Waals surface area contributed by atoms with Gasteiger partial charge in [-0.25, -0.2) is 8.42 Å². The number of carbonyl (C=O) groups is 1. The van der Waals surface area contributed by atoms with Crippen molar-refractivity contribution in [3.63, 3.8) is 0 Å². The second kappa shape index (κ2) is 4.53. The summed E-state index contributed by atoms with van der Waals surface area (Å²) in [6, 6.07) is 0. The molecule has 0 spiro atoms. The molecule has 1 fully saturated rings. The van der Waals surface area contributed by atoms with E-state index in [-0.39, 0.29) is 24.0 Å². The summed E-state index contributed by atoms with van der Waals surface area (Å²) in [6.45, 7) is 6.50. The van der Waals surface area contributed by atoms with E-state index in [1.807, 2.05) is 6.92 Å². The minimum atomic E-state index is -3.51. The predicted molar refractivity (Wildman–Crippen MR) is 59.1 cm³/mol. The second-order valence-corrected chi connectivity index (χ2v) is 6.83. The minimum Gasteiger partial charge on any atom is -0.338 e. The van der Waals surface area contributed by atoms with Crippen molar-refractivity contribution in [1.82, 2.24) is 4.90 Å². The van der Waals surface area contributed by atoms with Gasteiger partial charge >= 0.3 is 0 Å². The minimum absolute atomic E-state index is 0.0247. The number of hydrogen-bond acceptors (Lipinski definition) is 3. The van der Waals surface area contributed by atoms with Crippen molar-refractivity contribution in [3.8, 4) is 0 Å². The summed E-state index contributed by atoms with van der Waals surface area (Å²) < 4.78 is 21.7. The molecule has 15 heavy (non-hydrogen) atoms. The summed E-state index contributed by atoms with van der Waals surface area (Å²) in [6.07, 6.45) is 0.263. The van der Waals surface area contributed by atoms with Gasteiger partial charge in [0.25, 0.3) is 0 Å². The van der Waals surface area contributed by atoms with Crippen molar-refractivity contribution in [1.29, 1.82) is 0 Å². The zero-order valence-corrected chi connectivity index (χ0v) is 10.1. The van der Waals surface area contributed by atoms with Crippen LogP contribution in [0, 0.1) is 5.92 Å². The molecule has 1 atom stereocenters. The Hall–Kier alpha value is -0.550. The van der Waals surface area contributed by atoms with Crippen LogP contribution in [-0.4, -0.2) is 38.1 Å². The van der Waals surface area contributed by atoms with Gasteiger partial charge in [-0.1, -0.05) is 12.2 Å². The summed E-state index contributed by atoms with van der Waals surface area (Å²) in [5.41, 5.74) is 0.887. The lowest BCUT2D eigenvalue weighted by atomic mass is 10.1. The van der Waals surface area contributed by atoms with Crippen LogP contribution in [-0.2, 0) is 13.8 Å². The molecule has 1 aliphatic heterocycles. The van der Waals surface area contributed by atoms with Gasteiger partial charge in [0.2, 0.25) is 15.0 Å². The number of rotatable bonds is 4. The topological polar surface area (TPSA) is 54.5 Å². The van der Waals surface area contributed by atoms with Crippen LogP contribution in [0.15, 0.2) is 12.2 Å². The first-order valence-electron chi connectivity index (χ1n) is 4.62. The number of likely N-dealkylation sites (tertiary alicyclic amines) is 1. The quantitative estimate of drug-likeness (QED) is 0.553. The molecule has 1 saturated heterocycles. The van der Waals surface area contributed by atoms with Crippen LogP contribution in [0.25, 0.3) is 0 Å². The Balaban J connectivity index is 2.56. The van der Waals surface area contributed by atoms with Crippen molar-refractivity contribution in [2.24, 2.45) is 5.92 Å². The molecule has 0 aliphatic carbocycles. The molecule has 1 heterocycles. The molecular weight excluding hydrogens is 238 g/mol. The normalized spacial score (nSPS) is 22.1. The summed E-state index contributed by atoms with van der Waals surface area (Å²) in [5, 5.41) is 0. The van der Waals surface area contributed by atoms with E-state index in [0.29, 0.717) is 13.1 Å². The summed E-state index contributed by atoms with van der Waals surface area (Å²) >= 11 is 0. The molecule has 6 heteroatoms.